The Bertz CT molecular complexity index is 444. The lowest BCUT2D eigenvalue weighted by Gasteiger charge is -2.26. The van der Waals surface area contributed by atoms with E-state index in [0.717, 1.165) is 30.9 Å². The monoisotopic (exact) mass is 264 g/mol. The molecule has 0 bridgehead atoms. The molecule has 0 radical (unpaired) electrons. The second-order valence-electron chi connectivity index (χ2n) is 5.73. The van der Waals surface area contributed by atoms with Crippen molar-refractivity contribution in [3.63, 3.8) is 0 Å². The molecule has 4 nitrogen and oxygen atoms in total. The number of fused-ring (bicyclic) bond motifs is 1. The van der Waals surface area contributed by atoms with Crippen molar-refractivity contribution in [3.05, 3.63) is 23.3 Å². The van der Waals surface area contributed by atoms with Crippen LogP contribution in [0.1, 0.15) is 31.4 Å². The largest absolute Gasteiger partial charge is 0.454 e. The lowest BCUT2D eigenvalue weighted by atomic mass is 9.99. The van der Waals surface area contributed by atoms with Gasteiger partial charge in [-0.25, -0.2) is 0 Å². The zero-order valence-electron chi connectivity index (χ0n) is 12.1. The smallest absolute Gasteiger partial charge is 0.231 e. The molecule has 0 unspecified atom stereocenters. The van der Waals surface area contributed by atoms with Crippen LogP contribution >= 0.6 is 0 Å². The second kappa shape index (κ2) is 5.80. The fraction of sp³-hybridized carbons (Fsp3) is 0.600. The number of ether oxygens (including phenoxy) is 2. The summed E-state index contributed by atoms with van der Waals surface area (Å²) in [6.07, 6.45) is 1.96. The number of nitrogens with one attached hydrogen (secondary N) is 1. The Labute approximate surface area is 115 Å². The van der Waals surface area contributed by atoms with Crippen molar-refractivity contribution in [1.82, 2.24) is 5.32 Å². The zero-order valence-corrected chi connectivity index (χ0v) is 12.1. The van der Waals surface area contributed by atoms with Crippen LogP contribution in [0.4, 0.5) is 0 Å². The lowest BCUT2D eigenvalue weighted by molar-refractivity contribution is 0.174. The van der Waals surface area contributed by atoms with Crippen molar-refractivity contribution in [3.8, 4) is 11.5 Å². The standard InChI is InChI=1S/C15H24N2O2/c1-11-8-13-14(19-10-18-13)9-12(11)4-7-17-15(2,3)5-6-16/h8-9,17H,4-7,10,16H2,1-3H3. The normalized spacial score (nSPS) is 13.9. The van der Waals surface area contributed by atoms with Crippen LogP contribution < -0.4 is 20.5 Å². The molecule has 0 atom stereocenters. The van der Waals surface area contributed by atoms with Gasteiger partial charge in [-0.15, -0.1) is 0 Å². The van der Waals surface area contributed by atoms with Crippen LogP contribution in [0.5, 0.6) is 11.5 Å². The first-order chi connectivity index (χ1) is 9.02. The number of hydrogen-bond donors (Lipinski definition) is 2. The molecule has 1 aromatic carbocycles. The summed E-state index contributed by atoms with van der Waals surface area (Å²) >= 11 is 0. The predicted molar refractivity (Wildman–Crippen MR) is 76.8 cm³/mol. The van der Waals surface area contributed by atoms with Gasteiger partial charge in [0.15, 0.2) is 11.5 Å². The molecule has 3 N–H and O–H groups in total. The average Bonchev–Trinajstić information content (AvgIpc) is 2.76. The van der Waals surface area contributed by atoms with Gasteiger partial charge in [-0.2, -0.15) is 0 Å². The van der Waals surface area contributed by atoms with Crippen LogP contribution in [-0.4, -0.2) is 25.4 Å². The highest BCUT2D eigenvalue weighted by Crippen LogP contribution is 2.34. The SMILES string of the molecule is Cc1cc2c(cc1CCNC(C)(C)CCN)OCO2. The summed E-state index contributed by atoms with van der Waals surface area (Å²) < 4.78 is 10.8. The third-order valence-electron chi connectivity index (χ3n) is 3.60. The van der Waals surface area contributed by atoms with Gasteiger partial charge in [0.2, 0.25) is 6.79 Å². The third kappa shape index (κ3) is 3.61. The number of nitrogens with two attached hydrogens (primary N) is 1. The number of rotatable bonds is 6. The third-order valence-corrected chi connectivity index (χ3v) is 3.60. The molecule has 0 saturated carbocycles. The summed E-state index contributed by atoms with van der Waals surface area (Å²) in [5.74, 6) is 1.72. The molecule has 0 saturated heterocycles. The van der Waals surface area contributed by atoms with E-state index in [1.807, 2.05) is 0 Å². The Morgan fingerprint density at radius 2 is 1.95 bits per heavy atom. The van der Waals surface area contributed by atoms with Gasteiger partial charge in [0, 0.05) is 5.54 Å². The molecule has 0 amide bonds. The maximum atomic E-state index is 5.61. The molecule has 0 fully saturated rings. The topological polar surface area (TPSA) is 56.5 Å². The van der Waals surface area contributed by atoms with Gasteiger partial charge < -0.3 is 20.5 Å². The highest BCUT2D eigenvalue weighted by molar-refractivity contribution is 5.48. The van der Waals surface area contributed by atoms with E-state index < -0.39 is 0 Å². The summed E-state index contributed by atoms with van der Waals surface area (Å²) in [4.78, 5) is 0. The molecule has 106 valence electrons. The first-order valence-corrected chi connectivity index (χ1v) is 6.86. The zero-order chi connectivity index (χ0) is 13.9. The van der Waals surface area contributed by atoms with Gasteiger partial charge in [0.1, 0.15) is 0 Å². The number of aryl methyl sites for hydroxylation is 1. The second-order valence-corrected chi connectivity index (χ2v) is 5.73. The minimum Gasteiger partial charge on any atom is -0.454 e. The van der Waals surface area contributed by atoms with Crippen molar-refractivity contribution in [2.75, 3.05) is 19.9 Å². The van der Waals surface area contributed by atoms with E-state index in [9.17, 15) is 0 Å². The van der Waals surface area contributed by atoms with Crippen LogP contribution in [0.15, 0.2) is 12.1 Å². The molecule has 19 heavy (non-hydrogen) atoms. The number of hydrogen-bond acceptors (Lipinski definition) is 4. The Morgan fingerprint density at radius 3 is 2.63 bits per heavy atom. The lowest BCUT2D eigenvalue weighted by Crippen LogP contribution is -2.42. The molecule has 2 rings (SSSR count). The highest BCUT2D eigenvalue weighted by atomic mass is 16.7. The van der Waals surface area contributed by atoms with Crippen molar-refractivity contribution >= 4 is 0 Å². The molecular formula is C15H24N2O2. The molecule has 1 aliphatic heterocycles. The van der Waals surface area contributed by atoms with Crippen LogP contribution in [0.3, 0.4) is 0 Å². The first-order valence-electron chi connectivity index (χ1n) is 6.86. The maximum Gasteiger partial charge on any atom is 0.231 e. The minimum absolute atomic E-state index is 0.0962. The molecular weight excluding hydrogens is 240 g/mol. The van der Waals surface area contributed by atoms with Crippen molar-refractivity contribution in [2.24, 2.45) is 5.73 Å². The molecule has 0 aromatic heterocycles. The van der Waals surface area contributed by atoms with Crippen LogP contribution in [-0.2, 0) is 6.42 Å². The van der Waals surface area contributed by atoms with Crippen LogP contribution in [0.2, 0.25) is 0 Å². The minimum atomic E-state index is 0.0962. The summed E-state index contributed by atoms with van der Waals surface area (Å²) in [7, 11) is 0. The van der Waals surface area contributed by atoms with Crippen molar-refractivity contribution in [2.45, 2.75) is 39.2 Å². The van der Waals surface area contributed by atoms with Gasteiger partial charge in [0.05, 0.1) is 0 Å². The van der Waals surface area contributed by atoms with Crippen LogP contribution in [0, 0.1) is 6.92 Å². The van der Waals surface area contributed by atoms with Gasteiger partial charge >= 0.3 is 0 Å². The van der Waals surface area contributed by atoms with E-state index in [1.54, 1.807) is 0 Å². The molecule has 1 heterocycles. The Hall–Kier alpha value is -1.26. The Kier molecular flexibility index (Phi) is 4.32. The first kappa shape index (κ1) is 14.2. The summed E-state index contributed by atoms with van der Waals surface area (Å²) in [6, 6.07) is 4.15. The number of benzene rings is 1. The molecule has 4 heteroatoms. The van der Waals surface area contributed by atoms with E-state index in [4.69, 9.17) is 15.2 Å². The fourth-order valence-corrected chi connectivity index (χ4v) is 2.34. The Balaban J connectivity index is 1.93. The highest BCUT2D eigenvalue weighted by Gasteiger charge is 2.17. The molecule has 0 aliphatic carbocycles. The Morgan fingerprint density at radius 1 is 1.26 bits per heavy atom. The van der Waals surface area contributed by atoms with E-state index in [2.05, 4.69) is 38.2 Å². The van der Waals surface area contributed by atoms with Gasteiger partial charge in [-0.05, 0) is 70.0 Å². The average molecular weight is 264 g/mol. The van der Waals surface area contributed by atoms with E-state index >= 15 is 0 Å². The molecule has 0 spiro atoms. The van der Waals surface area contributed by atoms with Gasteiger partial charge in [-0.1, -0.05) is 0 Å². The van der Waals surface area contributed by atoms with Crippen molar-refractivity contribution < 1.29 is 9.47 Å². The fourth-order valence-electron chi connectivity index (χ4n) is 2.34. The van der Waals surface area contributed by atoms with Crippen molar-refractivity contribution in [1.29, 1.82) is 0 Å². The predicted octanol–water partition coefficient (Wildman–Crippen LogP) is 1.98. The van der Waals surface area contributed by atoms with Gasteiger partial charge in [-0.3, -0.25) is 0 Å². The van der Waals surface area contributed by atoms with E-state index in [0.29, 0.717) is 13.3 Å². The van der Waals surface area contributed by atoms with E-state index in [1.165, 1.54) is 11.1 Å². The maximum absolute atomic E-state index is 5.61. The quantitative estimate of drug-likeness (QED) is 0.825. The summed E-state index contributed by atoms with van der Waals surface area (Å²) in [5.41, 5.74) is 8.27. The van der Waals surface area contributed by atoms with E-state index in [-0.39, 0.29) is 5.54 Å². The molecule has 1 aromatic rings. The summed E-state index contributed by atoms with van der Waals surface area (Å²) in [5, 5.41) is 3.55. The molecule has 1 aliphatic rings. The summed E-state index contributed by atoms with van der Waals surface area (Å²) in [6.45, 7) is 8.47. The van der Waals surface area contributed by atoms with Crippen LogP contribution in [0.25, 0.3) is 0 Å². The van der Waals surface area contributed by atoms with Gasteiger partial charge in [0.25, 0.3) is 0 Å².